The highest BCUT2D eigenvalue weighted by Gasteiger charge is 2.51. The van der Waals surface area contributed by atoms with E-state index in [2.05, 4.69) is 37.2 Å². The number of likely N-dealkylation sites (tertiary alicyclic amines) is 1. The fourth-order valence-corrected chi connectivity index (χ4v) is 6.13. The zero-order valence-electron chi connectivity index (χ0n) is 19.5. The molecule has 2 atom stereocenters. The Morgan fingerprint density at radius 3 is 2.68 bits per heavy atom. The van der Waals surface area contributed by atoms with Crippen molar-refractivity contribution < 1.29 is 14.3 Å². The third-order valence-electron chi connectivity index (χ3n) is 6.91. The van der Waals surface area contributed by atoms with Crippen molar-refractivity contribution in [2.45, 2.75) is 79.3 Å². The minimum absolute atomic E-state index is 0.118. The molecule has 31 heavy (non-hydrogen) atoms. The molecule has 2 fully saturated rings. The van der Waals surface area contributed by atoms with Gasteiger partial charge in [0.25, 0.3) is 5.91 Å². The molecule has 4 rings (SSSR count). The molecule has 1 amide bonds. The van der Waals surface area contributed by atoms with E-state index < -0.39 is 0 Å². The van der Waals surface area contributed by atoms with Crippen LogP contribution in [-0.4, -0.2) is 45.5 Å². The summed E-state index contributed by atoms with van der Waals surface area (Å²) in [6, 6.07) is 6.15. The standard InChI is InChI=1S/C25H35N3O3/c1-6-21-26-19-12-17(8-9-20(19)27(21)11-10-22(29)31-7-2)23(30)28-16-25(5)14-18(28)13-24(3,4)15-25/h8-9,12,18H,6-7,10-11,13-16H2,1-5H3. The van der Waals surface area contributed by atoms with Crippen molar-refractivity contribution in [2.24, 2.45) is 10.8 Å². The Morgan fingerprint density at radius 1 is 1.19 bits per heavy atom. The molecule has 1 saturated heterocycles. The second kappa shape index (κ2) is 7.95. The lowest BCUT2D eigenvalue weighted by Crippen LogP contribution is -2.37. The van der Waals surface area contributed by atoms with Gasteiger partial charge in [0, 0.05) is 31.1 Å². The average molecular weight is 426 g/mol. The van der Waals surface area contributed by atoms with E-state index in [1.807, 2.05) is 25.1 Å². The van der Waals surface area contributed by atoms with Gasteiger partial charge in [-0.2, -0.15) is 0 Å². The Morgan fingerprint density at radius 2 is 1.97 bits per heavy atom. The maximum atomic E-state index is 13.5. The zero-order chi connectivity index (χ0) is 22.4. The van der Waals surface area contributed by atoms with E-state index in [0.29, 0.717) is 31.2 Å². The number of rotatable bonds is 6. The van der Waals surface area contributed by atoms with Crippen molar-refractivity contribution in [3.8, 4) is 0 Å². The van der Waals surface area contributed by atoms with E-state index in [1.54, 1.807) is 0 Å². The molecule has 2 aliphatic rings. The number of imidazole rings is 1. The van der Waals surface area contributed by atoms with Gasteiger partial charge in [0.15, 0.2) is 0 Å². The molecule has 6 nitrogen and oxygen atoms in total. The lowest BCUT2D eigenvalue weighted by atomic mass is 9.65. The first-order valence-electron chi connectivity index (χ1n) is 11.6. The minimum atomic E-state index is -0.199. The van der Waals surface area contributed by atoms with Gasteiger partial charge in [-0.3, -0.25) is 9.59 Å². The fourth-order valence-electron chi connectivity index (χ4n) is 6.13. The summed E-state index contributed by atoms with van der Waals surface area (Å²) in [6.07, 6.45) is 4.43. The summed E-state index contributed by atoms with van der Waals surface area (Å²) in [5.74, 6) is 0.845. The predicted octanol–water partition coefficient (Wildman–Crippen LogP) is 4.59. The van der Waals surface area contributed by atoms with Crippen molar-refractivity contribution in [1.29, 1.82) is 0 Å². The van der Waals surface area contributed by atoms with Crippen LogP contribution in [0.5, 0.6) is 0 Å². The quantitative estimate of drug-likeness (QED) is 0.635. The Balaban J connectivity index is 1.58. The molecule has 6 heteroatoms. The Bertz CT molecular complexity index is 1010. The SMILES string of the molecule is CCOC(=O)CCn1c(CC)nc2cc(C(=O)N3CC4(C)CC3CC(C)(C)C4)ccc21. The molecule has 1 aromatic heterocycles. The molecule has 2 heterocycles. The number of hydrogen-bond acceptors (Lipinski definition) is 4. The summed E-state index contributed by atoms with van der Waals surface area (Å²) >= 11 is 0. The summed E-state index contributed by atoms with van der Waals surface area (Å²) in [4.78, 5) is 32.2. The van der Waals surface area contributed by atoms with Gasteiger partial charge >= 0.3 is 5.97 Å². The number of nitrogens with zero attached hydrogens (tertiary/aromatic N) is 3. The maximum Gasteiger partial charge on any atom is 0.307 e. The monoisotopic (exact) mass is 425 g/mol. The molecule has 0 spiro atoms. The number of aromatic nitrogens is 2. The topological polar surface area (TPSA) is 64.4 Å². The summed E-state index contributed by atoms with van der Waals surface area (Å²) in [5.41, 5.74) is 2.99. The lowest BCUT2D eigenvalue weighted by Gasteiger charge is -2.39. The Labute approximate surface area is 185 Å². The number of benzene rings is 1. The first-order valence-corrected chi connectivity index (χ1v) is 11.6. The predicted molar refractivity (Wildman–Crippen MR) is 121 cm³/mol. The van der Waals surface area contributed by atoms with E-state index in [9.17, 15) is 9.59 Å². The summed E-state index contributed by atoms with van der Waals surface area (Å²) < 4.78 is 7.14. The molecule has 1 aromatic carbocycles. The number of amides is 1. The number of ether oxygens (including phenoxy) is 1. The summed E-state index contributed by atoms with van der Waals surface area (Å²) in [6.45, 7) is 12.6. The molecule has 1 aliphatic heterocycles. The highest BCUT2D eigenvalue weighted by molar-refractivity contribution is 5.98. The van der Waals surface area contributed by atoms with E-state index in [4.69, 9.17) is 9.72 Å². The van der Waals surface area contributed by atoms with Gasteiger partial charge in [-0.1, -0.05) is 27.7 Å². The van der Waals surface area contributed by atoms with Crippen LogP contribution in [0.2, 0.25) is 0 Å². The smallest absolute Gasteiger partial charge is 0.307 e. The third kappa shape index (κ3) is 4.21. The van der Waals surface area contributed by atoms with Crippen LogP contribution in [-0.2, 0) is 22.5 Å². The van der Waals surface area contributed by atoms with Crippen LogP contribution in [0.1, 0.15) is 76.5 Å². The molecule has 2 bridgehead atoms. The molecule has 1 aliphatic carbocycles. The number of aryl methyl sites for hydroxylation is 2. The maximum absolute atomic E-state index is 13.5. The van der Waals surface area contributed by atoms with Crippen LogP contribution in [0.15, 0.2) is 18.2 Å². The summed E-state index contributed by atoms with van der Waals surface area (Å²) in [5, 5.41) is 0. The third-order valence-corrected chi connectivity index (χ3v) is 6.91. The van der Waals surface area contributed by atoms with Gasteiger partial charge in [0.2, 0.25) is 0 Å². The molecular weight excluding hydrogens is 390 g/mol. The molecule has 2 unspecified atom stereocenters. The van der Waals surface area contributed by atoms with Gasteiger partial charge in [0.1, 0.15) is 5.82 Å². The second-order valence-corrected chi connectivity index (χ2v) is 10.4. The summed E-state index contributed by atoms with van der Waals surface area (Å²) in [7, 11) is 0. The van der Waals surface area contributed by atoms with Crippen LogP contribution in [0, 0.1) is 10.8 Å². The van der Waals surface area contributed by atoms with Gasteiger partial charge in [-0.05, 0) is 55.2 Å². The first kappa shape index (κ1) is 21.8. The van der Waals surface area contributed by atoms with E-state index >= 15 is 0 Å². The van der Waals surface area contributed by atoms with Crippen molar-refractivity contribution in [3.05, 3.63) is 29.6 Å². The average Bonchev–Trinajstić information content (AvgIpc) is 3.17. The van der Waals surface area contributed by atoms with Gasteiger partial charge < -0.3 is 14.2 Å². The fraction of sp³-hybridized carbons (Fsp3) is 0.640. The second-order valence-electron chi connectivity index (χ2n) is 10.4. The van der Waals surface area contributed by atoms with Crippen molar-refractivity contribution in [1.82, 2.24) is 14.5 Å². The van der Waals surface area contributed by atoms with E-state index in [1.165, 1.54) is 6.42 Å². The number of carbonyl (C=O) groups excluding carboxylic acids is 2. The van der Waals surface area contributed by atoms with Gasteiger partial charge in [0.05, 0.1) is 24.1 Å². The van der Waals surface area contributed by atoms with E-state index in [-0.39, 0.29) is 22.7 Å². The number of esters is 1. The lowest BCUT2D eigenvalue weighted by molar-refractivity contribution is -0.143. The molecule has 1 saturated carbocycles. The van der Waals surface area contributed by atoms with Crippen LogP contribution in [0.4, 0.5) is 0 Å². The number of carbonyl (C=O) groups is 2. The molecular formula is C25H35N3O3. The molecule has 0 radical (unpaired) electrons. The molecule has 168 valence electrons. The minimum Gasteiger partial charge on any atom is -0.466 e. The first-order chi connectivity index (χ1) is 14.6. The van der Waals surface area contributed by atoms with Gasteiger partial charge in [-0.25, -0.2) is 4.98 Å². The van der Waals surface area contributed by atoms with Crippen molar-refractivity contribution in [3.63, 3.8) is 0 Å². The van der Waals surface area contributed by atoms with Crippen LogP contribution in [0.25, 0.3) is 11.0 Å². The highest BCUT2D eigenvalue weighted by atomic mass is 16.5. The zero-order valence-corrected chi connectivity index (χ0v) is 19.5. The highest BCUT2D eigenvalue weighted by Crippen LogP contribution is 2.52. The van der Waals surface area contributed by atoms with E-state index in [0.717, 1.165) is 42.7 Å². The number of hydrogen-bond donors (Lipinski definition) is 0. The van der Waals surface area contributed by atoms with Crippen LogP contribution in [0.3, 0.4) is 0 Å². The number of fused-ring (bicyclic) bond motifs is 3. The van der Waals surface area contributed by atoms with Crippen LogP contribution < -0.4 is 0 Å². The molecule has 0 N–H and O–H groups in total. The Kier molecular flexibility index (Phi) is 5.61. The van der Waals surface area contributed by atoms with Crippen molar-refractivity contribution in [2.75, 3.05) is 13.2 Å². The van der Waals surface area contributed by atoms with Crippen molar-refractivity contribution >= 4 is 22.9 Å². The van der Waals surface area contributed by atoms with Crippen LogP contribution >= 0.6 is 0 Å². The van der Waals surface area contributed by atoms with Gasteiger partial charge in [-0.15, -0.1) is 0 Å². The Hall–Kier alpha value is -2.37. The normalized spacial score (nSPS) is 24.5. The largest absolute Gasteiger partial charge is 0.466 e. The molecule has 2 aromatic rings.